The van der Waals surface area contributed by atoms with Gasteiger partial charge in [0.25, 0.3) is 0 Å². The molecule has 0 N–H and O–H groups in total. The van der Waals surface area contributed by atoms with Crippen molar-refractivity contribution in [2.75, 3.05) is 18.1 Å². The number of benzene rings is 1. The molecule has 0 amide bonds. The van der Waals surface area contributed by atoms with Gasteiger partial charge in [0.1, 0.15) is 5.82 Å². The van der Waals surface area contributed by atoms with Crippen LogP contribution in [0.5, 0.6) is 0 Å². The Morgan fingerprint density at radius 2 is 1.90 bits per heavy atom. The minimum absolute atomic E-state index is 0.00705. The molecule has 1 heterocycles. The van der Waals surface area contributed by atoms with Gasteiger partial charge in [0, 0.05) is 12.6 Å². The molecule has 112 valence electrons. The lowest BCUT2D eigenvalue weighted by atomic mass is 10.3. The van der Waals surface area contributed by atoms with E-state index < -0.39 is 31.7 Å². The summed E-state index contributed by atoms with van der Waals surface area (Å²) in [6.07, 6.45) is 0.302. The quantitative estimate of drug-likeness (QED) is 0.830. The topological polar surface area (TPSA) is 71.5 Å². The molecule has 1 aliphatic heterocycles. The van der Waals surface area contributed by atoms with Crippen LogP contribution in [0.3, 0.4) is 0 Å². The van der Waals surface area contributed by atoms with Crippen molar-refractivity contribution in [2.45, 2.75) is 24.3 Å². The van der Waals surface area contributed by atoms with Gasteiger partial charge in [0.2, 0.25) is 10.0 Å². The summed E-state index contributed by atoms with van der Waals surface area (Å²) in [5.41, 5.74) is 0. The summed E-state index contributed by atoms with van der Waals surface area (Å²) >= 11 is 0. The highest BCUT2D eigenvalue weighted by Gasteiger charge is 2.37. The Hall–Kier alpha value is -0.990. The standard InChI is InChI=1S/C12H16FNO4S2/c1-2-14(11-7-8-19(15,16)9-11)20(17,18)12-5-3-10(13)4-6-12/h3-6,11H,2,7-9H2,1H3/t11-/m1/s1. The van der Waals surface area contributed by atoms with E-state index in [0.29, 0.717) is 6.42 Å². The third-order valence-corrected chi connectivity index (χ3v) is 7.14. The average Bonchev–Trinajstić information content (AvgIpc) is 2.70. The van der Waals surface area contributed by atoms with Crippen LogP contribution >= 0.6 is 0 Å². The molecule has 0 radical (unpaired) electrons. The van der Waals surface area contributed by atoms with E-state index in [4.69, 9.17) is 0 Å². The zero-order valence-electron chi connectivity index (χ0n) is 11.0. The third kappa shape index (κ3) is 3.02. The summed E-state index contributed by atoms with van der Waals surface area (Å²) in [6.45, 7) is 1.84. The number of sulfone groups is 1. The average molecular weight is 321 g/mol. The summed E-state index contributed by atoms with van der Waals surface area (Å²) in [7, 11) is -6.97. The summed E-state index contributed by atoms with van der Waals surface area (Å²) in [4.78, 5) is -0.0231. The predicted molar refractivity (Wildman–Crippen MR) is 73.0 cm³/mol. The Morgan fingerprint density at radius 3 is 2.35 bits per heavy atom. The minimum Gasteiger partial charge on any atom is -0.229 e. The lowest BCUT2D eigenvalue weighted by Gasteiger charge is -2.25. The van der Waals surface area contributed by atoms with Crippen molar-refractivity contribution in [1.29, 1.82) is 0 Å². The second kappa shape index (κ2) is 5.42. The number of nitrogens with zero attached hydrogens (tertiary/aromatic N) is 1. The summed E-state index contributed by atoms with van der Waals surface area (Å²) in [6, 6.07) is 3.99. The van der Waals surface area contributed by atoms with E-state index in [1.807, 2.05) is 0 Å². The molecule has 1 atom stereocenters. The molecule has 2 rings (SSSR count). The highest BCUT2D eigenvalue weighted by Crippen LogP contribution is 2.24. The smallest absolute Gasteiger partial charge is 0.229 e. The van der Waals surface area contributed by atoms with Crippen molar-refractivity contribution < 1.29 is 21.2 Å². The Morgan fingerprint density at radius 1 is 1.30 bits per heavy atom. The van der Waals surface area contributed by atoms with Crippen LogP contribution in [0.4, 0.5) is 4.39 Å². The molecule has 1 aliphatic rings. The van der Waals surface area contributed by atoms with Gasteiger partial charge >= 0.3 is 0 Å². The van der Waals surface area contributed by atoms with E-state index in [1.54, 1.807) is 6.92 Å². The second-order valence-corrected chi connectivity index (χ2v) is 8.84. The molecule has 20 heavy (non-hydrogen) atoms. The van der Waals surface area contributed by atoms with Crippen LogP contribution < -0.4 is 0 Å². The van der Waals surface area contributed by atoms with Crippen LogP contribution in [0.1, 0.15) is 13.3 Å². The first-order chi connectivity index (χ1) is 9.26. The Kier molecular flexibility index (Phi) is 4.17. The molecule has 0 aromatic heterocycles. The normalized spacial score (nSPS) is 22.2. The van der Waals surface area contributed by atoms with Gasteiger partial charge < -0.3 is 0 Å². The molecular weight excluding hydrogens is 305 g/mol. The number of rotatable bonds is 4. The number of sulfonamides is 1. The van der Waals surface area contributed by atoms with Crippen molar-refractivity contribution in [3.8, 4) is 0 Å². The molecule has 1 fully saturated rings. The molecular formula is C12H16FNO4S2. The van der Waals surface area contributed by atoms with Gasteiger partial charge in [-0.3, -0.25) is 0 Å². The first kappa shape index (κ1) is 15.4. The fraction of sp³-hybridized carbons (Fsp3) is 0.500. The second-order valence-electron chi connectivity index (χ2n) is 4.72. The molecule has 5 nitrogen and oxygen atoms in total. The fourth-order valence-corrected chi connectivity index (χ4v) is 5.86. The Balaban J connectivity index is 2.33. The van der Waals surface area contributed by atoms with Crippen LogP contribution in [-0.2, 0) is 19.9 Å². The Bertz CT molecular complexity index is 683. The molecule has 0 bridgehead atoms. The van der Waals surface area contributed by atoms with Gasteiger partial charge in [0.15, 0.2) is 9.84 Å². The molecule has 0 unspecified atom stereocenters. The number of hydrogen-bond acceptors (Lipinski definition) is 4. The van der Waals surface area contributed by atoms with Gasteiger partial charge in [-0.05, 0) is 30.7 Å². The maximum Gasteiger partial charge on any atom is 0.243 e. The van der Waals surface area contributed by atoms with Gasteiger partial charge in [-0.1, -0.05) is 6.92 Å². The van der Waals surface area contributed by atoms with Gasteiger partial charge in [0.05, 0.1) is 16.4 Å². The minimum atomic E-state index is -3.80. The summed E-state index contributed by atoms with van der Waals surface area (Å²) < 4.78 is 62.0. The number of hydrogen-bond donors (Lipinski definition) is 0. The third-order valence-electron chi connectivity index (χ3n) is 3.35. The molecule has 1 aromatic rings. The maximum absolute atomic E-state index is 12.9. The van der Waals surface area contributed by atoms with Crippen molar-refractivity contribution in [2.24, 2.45) is 0 Å². The molecule has 0 aliphatic carbocycles. The number of halogens is 1. The van der Waals surface area contributed by atoms with Gasteiger partial charge in [-0.25, -0.2) is 21.2 Å². The Labute approximate surface area is 118 Å². The molecule has 0 saturated carbocycles. The zero-order valence-corrected chi connectivity index (χ0v) is 12.6. The van der Waals surface area contributed by atoms with Crippen LogP contribution in [0.25, 0.3) is 0 Å². The van der Waals surface area contributed by atoms with Gasteiger partial charge in [-0.2, -0.15) is 4.31 Å². The monoisotopic (exact) mass is 321 g/mol. The lowest BCUT2D eigenvalue weighted by molar-refractivity contribution is 0.354. The van der Waals surface area contributed by atoms with E-state index in [2.05, 4.69) is 0 Å². The summed E-state index contributed by atoms with van der Waals surface area (Å²) in [5.74, 6) is -0.663. The van der Waals surface area contributed by atoms with Crippen molar-refractivity contribution in [3.05, 3.63) is 30.1 Å². The largest absolute Gasteiger partial charge is 0.243 e. The summed E-state index contributed by atoms with van der Waals surface area (Å²) in [5, 5.41) is 0. The lowest BCUT2D eigenvalue weighted by Crippen LogP contribution is -2.40. The van der Waals surface area contributed by atoms with E-state index in [0.717, 1.165) is 12.1 Å². The van der Waals surface area contributed by atoms with Crippen molar-refractivity contribution >= 4 is 19.9 Å². The first-order valence-electron chi connectivity index (χ1n) is 6.24. The predicted octanol–water partition coefficient (Wildman–Crippen LogP) is 1.02. The van der Waals surface area contributed by atoms with E-state index in [-0.39, 0.29) is 22.9 Å². The van der Waals surface area contributed by atoms with Crippen LogP contribution in [0, 0.1) is 5.82 Å². The van der Waals surface area contributed by atoms with Crippen molar-refractivity contribution in [1.82, 2.24) is 4.31 Å². The zero-order chi connectivity index (χ0) is 15.0. The van der Waals surface area contributed by atoms with Crippen molar-refractivity contribution in [3.63, 3.8) is 0 Å². The fourth-order valence-electron chi connectivity index (χ4n) is 2.37. The molecule has 0 spiro atoms. The maximum atomic E-state index is 12.9. The van der Waals surface area contributed by atoms with Crippen LogP contribution in [0.2, 0.25) is 0 Å². The van der Waals surface area contributed by atoms with E-state index in [9.17, 15) is 21.2 Å². The van der Waals surface area contributed by atoms with Gasteiger partial charge in [-0.15, -0.1) is 0 Å². The highest BCUT2D eigenvalue weighted by atomic mass is 32.2. The van der Waals surface area contributed by atoms with Crippen LogP contribution in [0.15, 0.2) is 29.2 Å². The molecule has 1 saturated heterocycles. The van der Waals surface area contributed by atoms with E-state index >= 15 is 0 Å². The van der Waals surface area contributed by atoms with E-state index in [1.165, 1.54) is 16.4 Å². The highest BCUT2D eigenvalue weighted by molar-refractivity contribution is 7.92. The first-order valence-corrected chi connectivity index (χ1v) is 9.50. The molecule has 1 aromatic carbocycles. The molecule has 8 heteroatoms. The SMILES string of the molecule is CCN([C@@H]1CCS(=O)(=O)C1)S(=O)(=O)c1ccc(F)cc1. The van der Waals surface area contributed by atoms with Crippen LogP contribution in [-0.4, -0.2) is 45.2 Å².